The maximum absolute atomic E-state index is 13.8. The van der Waals surface area contributed by atoms with Crippen molar-refractivity contribution in [1.82, 2.24) is 5.32 Å². The van der Waals surface area contributed by atoms with E-state index < -0.39 is 11.6 Å². The van der Waals surface area contributed by atoms with E-state index >= 15 is 0 Å². The van der Waals surface area contributed by atoms with Crippen molar-refractivity contribution >= 4 is 11.3 Å². The first-order chi connectivity index (χ1) is 8.67. The van der Waals surface area contributed by atoms with Crippen LogP contribution in [0.5, 0.6) is 5.75 Å². The number of rotatable bonds is 4. The molecule has 96 valence electrons. The summed E-state index contributed by atoms with van der Waals surface area (Å²) in [6.07, 6.45) is 0. The van der Waals surface area contributed by atoms with Crippen molar-refractivity contribution in [2.45, 2.75) is 6.04 Å². The third-order valence-corrected chi connectivity index (χ3v) is 3.67. The van der Waals surface area contributed by atoms with E-state index in [0.717, 1.165) is 10.9 Å². The monoisotopic (exact) mass is 269 g/mol. The molecule has 1 unspecified atom stereocenters. The topological polar surface area (TPSA) is 21.3 Å². The van der Waals surface area contributed by atoms with Crippen LogP contribution in [0.2, 0.25) is 0 Å². The van der Waals surface area contributed by atoms with Crippen LogP contribution in [0, 0.1) is 11.6 Å². The number of hydrogen-bond donors (Lipinski definition) is 1. The lowest BCUT2D eigenvalue weighted by atomic mass is 10.0. The van der Waals surface area contributed by atoms with E-state index in [1.165, 1.54) is 17.4 Å². The number of hydrogen-bond acceptors (Lipinski definition) is 3. The molecule has 18 heavy (non-hydrogen) atoms. The molecule has 0 aliphatic rings. The molecule has 1 aromatic heterocycles. The fourth-order valence-electron chi connectivity index (χ4n) is 1.79. The number of methoxy groups -OCH3 is 1. The minimum absolute atomic E-state index is 0.294. The third kappa shape index (κ3) is 2.37. The summed E-state index contributed by atoms with van der Waals surface area (Å²) in [6, 6.07) is 5.63. The zero-order chi connectivity index (χ0) is 13.1. The second-order valence-electron chi connectivity index (χ2n) is 3.75. The van der Waals surface area contributed by atoms with Gasteiger partial charge < -0.3 is 10.1 Å². The summed E-state index contributed by atoms with van der Waals surface area (Å²) in [5, 5.41) is 4.82. The molecule has 1 atom stereocenters. The zero-order valence-corrected chi connectivity index (χ0v) is 10.9. The van der Waals surface area contributed by atoms with Crippen LogP contribution in [-0.4, -0.2) is 14.2 Å². The molecule has 2 nitrogen and oxygen atoms in total. The van der Waals surface area contributed by atoms with Crippen LogP contribution in [0.15, 0.2) is 29.6 Å². The maximum Gasteiger partial charge on any atom is 0.163 e. The molecule has 1 heterocycles. The molecule has 0 aliphatic heterocycles. The van der Waals surface area contributed by atoms with Gasteiger partial charge in [-0.3, -0.25) is 0 Å². The Morgan fingerprint density at radius 1 is 1.33 bits per heavy atom. The largest absolute Gasteiger partial charge is 0.496 e. The highest BCUT2D eigenvalue weighted by Crippen LogP contribution is 2.32. The normalized spacial score (nSPS) is 12.4. The summed E-state index contributed by atoms with van der Waals surface area (Å²) in [5.41, 5.74) is 0.294. The van der Waals surface area contributed by atoms with Gasteiger partial charge in [0.2, 0.25) is 0 Å². The Hall–Kier alpha value is -1.46. The van der Waals surface area contributed by atoms with Crippen LogP contribution in [0.4, 0.5) is 8.78 Å². The lowest BCUT2D eigenvalue weighted by molar-refractivity contribution is 0.416. The number of thiophene rings is 1. The predicted molar refractivity (Wildman–Crippen MR) is 68.1 cm³/mol. The summed E-state index contributed by atoms with van der Waals surface area (Å²) >= 11 is 1.44. The maximum atomic E-state index is 13.8. The Morgan fingerprint density at radius 3 is 2.72 bits per heavy atom. The van der Waals surface area contributed by atoms with Gasteiger partial charge in [-0.2, -0.15) is 0 Å². The van der Waals surface area contributed by atoms with Gasteiger partial charge in [0.1, 0.15) is 5.75 Å². The number of benzene rings is 1. The van der Waals surface area contributed by atoms with Gasteiger partial charge in [0.05, 0.1) is 13.2 Å². The average molecular weight is 269 g/mol. The molecule has 0 saturated carbocycles. The molecule has 2 aromatic rings. The second kappa shape index (κ2) is 5.46. The number of nitrogens with one attached hydrogen (secondary N) is 1. The van der Waals surface area contributed by atoms with Crippen LogP contribution in [0.25, 0.3) is 0 Å². The molecule has 1 N–H and O–H groups in total. The molecular weight excluding hydrogens is 256 g/mol. The molecule has 0 amide bonds. The summed E-state index contributed by atoms with van der Waals surface area (Å²) in [6.45, 7) is 0. The van der Waals surface area contributed by atoms with Gasteiger partial charge in [0, 0.05) is 15.8 Å². The van der Waals surface area contributed by atoms with Gasteiger partial charge >= 0.3 is 0 Å². The van der Waals surface area contributed by atoms with Gasteiger partial charge in [-0.05, 0) is 19.2 Å². The van der Waals surface area contributed by atoms with E-state index in [2.05, 4.69) is 5.32 Å². The predicted octanol–water partition coefficient (Wildman–Crippen LogP) is 3.34. The molecule has 0 fully saturated rings. The minimum atomic E-state index is -0.837. The summed E-state index contributed by atoms with van der Waals surface area (Å²) in [5.74, 6) is -0.937. The van der Waals surface area contributed by atoms with E-state index in [1.54, 1.807) is 20.2 Å². The van der Waals surface area contributed by atoms with Gasteiger partial charge in [0.25, 0.3) is 0 Å². The first kappa shape index (κ1) is 13.0. The standard InChI is InChI=1S/C13H13F2NOS/c1-16-13(11-6-8(17-2)7-18-11)9-4-3-5-10(14)12(9)15/h3-7,13,16H,1-2H3. The van der Waals surface area contributed by atoms with Gasteiger partial charge in [-0.1, -0.05) is 12.1 Å². The van der Waals surface area contributed by atoms with E-state index in [-0.39, 0.29) is 6.04 Å². The smallest absolute Gasteiger partial charge is 0.163 e. The van der Waals surface area contributed by atoms with Gasteiger partial charge in [0.15, 0.2) is 11.6 Å². The highest BCUT2D eigenvalue weighted by atomic mass is 32.1. The lowest BCUT2D eigenvalue weighted by Gasteiger charge is -2.15. The highest BCUT2D eigenvalue weighted by Gasteiger charge is 2.20. The molecule has 0 spiro atoms. The number of ether oxygens (including phenoxy) is 1. The van der Waals surface area contributed by atoms with Crippen LogP contribution in [0.1, 0.15) is 16.5 Å². The molecule has 2 rings (SSSR count). The molecule has 0 saturated heterocycles. The Balaban J connectivity index is 2.41. The molecule has 5 heteroatoms. The zero-order valence-electron chi connectivity index (χ0n) is 10.0. The number of halogens is 2. The lowest BCUT2D eigenvalue weighted by Crippen LogP contribution is -2.18. The highest BCUT2D eigenvalue weighted by molar-refractivity contribution is 7.10. The summed E-state index contributed by atoms with van der Waals surface area (Å²) < 4.78 is 32.1. The first-order valence-electron chi connectivity index (χ1n) is 5.41. The van der Waals surface area contributed by atoms with E-state index in [9.17, 15) is 8.78 Å². The Bertz CT molecular complexity index is 542. The first-order valence-corrected chi connectivity index (χ1v) is 6.29. The SMILES string of the molecule is CNC(c1cc(OC)cs1)c1cccc(F)c1F. The van der Waals surface area contributed by atoms with Crippen molar-refractivity contribution in [2.24, 2.45) is 0 Å². The fourth-order valence-corrected chi connectivity index (χ4v) is 2.77. The van der Waals surface area contributed by atoms with Crippen LogP contribution >= 0.6 is 11.3 Å². The van der Waals surface area contributed by atoms with Crippen molar-refractivity contribution in [3.63, 3.8) is 0 Å². The van der Waals surface area contributed by atoms with Crippen LogP contribution in [-0.2, 0) is 0 Å². The van der Waals surface area contributed by atoms with E-state index in [1.807, 2.05) is 11.4 Å². The van der Waals surface area contributed by atoms with Crippen molar-refractivity contribution in [3.05, 3.63) is 51.7 Å². The van der Waals surface area contributed by atoms with E-state index in [4.69, 9.17) is 4.74 Å². The van der Waals surface area contributed by atoms with Crippen LogP contribution < -0.4 is 10.1 Å². The Kier molecular flexibility index (Phi) is 3.93. The van der Waals surface area contributed by atoms with Crippen molar-refractivity contribution < 1.29 is 13.5 Å². The second-order valence-corrected chi connectivity index (χ2v) is 4.70. The third-order valence-electron chi connectivity index (χ3n) is 2.70. The Morgan fingerprint density at radius 2 is 2.11 bits per heavy atom. The van der Waals surface area contributed by atoms with Crippen LogP contribution in [0.3, 0.4) is 0 Å². The van der Waals surface area contributed by atoms with Crippen molar-refractivity contribution in [2.75, 3.05) is 14.2 Å². The molecule has 0 aliphatic carbocycles. The fraction of sp³-hybridized carbons (Fsp3) is 0.231. The van der Waals surface area contributed by atoms with Crippen molar-refractivity contribution in [3.8, 4) is 5.75 Å². The Labute approximate surface area is 108 Å². The minimum Gasteiger partial charge on any atom is -0.496 e. The summed E-state index contributed by atoms with van der Waals surface area (Å²) in [7, 11) is 3.28. The van der Waals surface area contributed by atoms with Crippen molar-refractivity contribution in [1.29, 1.82) is 0 Å². The average Bonchev–Trinajstić information content (AvgIpc) is 2.84. The molecule has 1 aromatic carbocycles. The quantitative estimate of drug-likeness (QED) is 0.919. The molecule has 0 bridgehead atoms. The molecular formula is C13H13F2NOS. The van der Waals surface area contributed by atoms with Gasteiger partial charge in [-0.25, -0.2) is 8.78 Å². The van der Waals surface area contributed by atoms with Gasteiger partial charge in [-0.15, -0.1) is 11.3 Å². The van der Waals surface area contributed by atoms with E-state index in [0.29, 0.717) is 11.3 Å². The summed E-state index contributed by atoms with van der Waals surface area (Å²) in [4.78, 5) is 0.874. The molecule has 0 radical (unpaired) electrons.